The maximum Gasteiger partial charge on any atom is 0.305 e. The van der Waals surface area contributed by atoms with Gasteiger partial charge in [0.1, 0.15) is 6.79 Å². The molecule has 0 aliphatic heterocycles. The highest BCUT2D eigenvalue weighted by molar-refractivity contribution is 5.69. The van der Waals surface area contributed by atoms with Crippen molar-refractivity contribution in [3.8, 4) is 0 Å². The molecule has 0 bridgehead atoms. The number of hydrogen-bond acceptors (Lipinski definition) is 6. The molecule has 0 aromatic carbocycles. The minimum atomic E-state index is 0.00273. The van der Waals surface area contributed by atoms with E-state index in [-0.39, 0.29) is 11.9 Å². The lowest BCUT2D eigenvalue weighted by Gasteiger charge is -2.22. The fourth-order valence-electron chi connectivity index (χ4n) is 11.1. The molecule has 0 saturated heterocycles. The van der Waals surface area contributed by atoms with Crippen molar-refractivity contribution in [1.82, 2.24) is 0 Å². The van der Waals surface area contributed by atoms with E-state index in [4.69, 9.17) is 18.9 Å². The zero-order valence-corrected chi connectivity index (χ0v) is 54.0. The van der Waals surface area contributed by atoms with Crippen LogP contribution in [0.4, 0.5) is 0 Å². The number of ether oxygens (including phenoxy) is 4. The molecule has 0 aliphatic carbocycles. The molecule has 0 aliphatic rings. The molecule has 79 heavy (non-hydrogen) atoms. The van der Waals surface area contributed by atoms with Gasteiger partial charge in [0, 0.05) is 12.8 Å². The Bertz CT molecular complexity index is 1140. The van der Waals surface area contributed by atoms with Gasteiger partial charge in [-0.25, -0.2) is 0 Å². The molecular weight excluding hydrogens is 973 g/mol. The molecule has 0 N–H and O–H groups in total. The molecule has 0 spiro atoms. The average Bonchev–Trinajstić information content (AvgIpc) is 3.45. The van der Waals surface area contributed by atoms with Crippen LogP contribution < -0.4 is 0 Å². The molecule has 468 valence electrons. The number of carbonyl (C=O) groups excluding carboxylic acids is 2. The van der Waals surface area contributed by atoms with Crippen molar-refractivity contribution in [3.05, 3.63) is 24.3 Å². The minimum absolute atomic E-state index is 0.00273. The van der Waals surface area contributed by atoms with Crippen molar-refractivity contribution in [2.75, 3.05) is 20.0 Å². The van der Waals surface area contributed by atoms with Crippen LogP contribution in [0.2, 0.25) is 0 Å². The Balaban J connectivity index is 4.01. The van der Waals surface area contributed by atoms with Gasteiger partial charge in [0.25, 0.3) is 0 Å². The molecule has 0 fully saturated rings. The highest BCUT2D eigenvalue weighted by Gasteiger charge is 2.14. The van der Waals surface area contributed by atoms with E-state index in [2.05, 4.69) is 52.0 Å². The SMILES string of the molecule is CCCCCCCC/C=C\CCCCCCCCOC(=O)CCCCCCCCCCC(CCCCCC)OCOC(CCCCCC)CCCCCCCCCCC(=O)OCCCCCCCC/C=C\CCCCCCCC. The smallest absolute Gasteiger partial charge is 0.305 e. The third-order valence-electron chi connectivity index (χ3n) is 16.5. The van der Waals surface area contributed by atoms with Crippen LogP contribution in [-0.4, -0.2) is 44.2 Å². The van der Waals surface area contributed by atoms with Crippen LogP contribution in [0.1, 0.15) is 400 Å². The van der Waals surface area contributed by atoms with Gasteiger partial charge in [0.15, 0.2) is 0 Å². The standard InChI is InChI=1S/C73H140O6/c1-5-9-13-17-19-21-23-25-27-29-31-33-39-45-51-59-67-76-72(74)65-57-49-43-37-35-41-47-55-63-70(61-53-15-11-7-3)78-69-79-71(62-54-16-12-8-4)64-56-48-42-36-38-44-50-58-66-73(75)77-68-60-52-46-40-34-32-30-28-26-24-22-20-18-14-10-6-2/h25-28,70-71H,5-24,29-69H2,1-4H3/b27-25-,28-26-. The summed E-state index contributed by atoms with van der Waals surface area (Å²) < 4.78 is 24.1. The lowest BCUT2D eigenvalue weighted by molar-refractivity contribution is -0.144. The molecule has 6 heteroatoms. The fraction of sp³-hybridized carbons (Fsp3) is 0.918. The summed E-state index contributed by atoms with van der Waals surface area (Å²) in [5.41, 5.74) is 0. The Labute approximate surface area is 494 Å². The van der Waals surface area contributed by atoms with Crippen molar-refractivity contribution in [1.29, 1.82) is 0 Å². The van der Waals surface area contributed by atoms with Crippen molar-refractivity contribution in [2.24, 2.45) is 0 Å². The van der Waals surface area contributed by atoms with E-state index < -0.39 is 0 Å². The van der Waals surface area contributed by atoms with Crippen LogP contribution in [0.3, 0.4) is 0 Å². The molecule has 0 radical (unpaired) electrons. The van der Waals surface area contributed by atoms with E-state index in [1.807, 2.05) is 0 Å². The molecule has 0 heterocycles. The molecular formula is C73H140O6. The van der Waals surface area contributed by atoms with Crippen LogP contribution in [0, 0.1) is 0 Å². The second kappa shape index (κ2) is 68.8. The maximum absolute atomic E-state index is 12.3. The lowest BCUT2D eigenvalue weighted by atomic mass is 10.0. The lowest BCUT2D eigenvalue weighted by Crippen LogP contribution is -2.20. The molecule has 0 aromatic rings. The predicted octanol–water partition coefficient (Wildman–Crippen LogP) is 24.6. The Morgan fingerprint density at radius 2 is 0.481 bits per heavy atom. The second-order valence-electron chi connectivity index (χ2n) is 24.4. The molecule has 0 saturated carbocycles. The quantitative estimate of drug-likeness (QED) is 0.0262. The minimum Gasteiger partial charge on any atom is -0.466 e. The zero-order chi connectivity index (χ0) is 57.1. The van der Waals surface area contributed by atoms with Crippen LogP contribution >= 0.6 is 0 Å². The summed E-state index contributed by atoms with van der Waals surface area (Å²) in [7, 11) is 0. The number of rotatable bonds is 68. The number of carbonyl (C=O) groups is 2. The third-order valence-corrected chi connectivity index (χ3v) is 16.5. The third kappa shape index (κ3) is 65.4. The van der Waals surface area contributed by atoms with E-state index in [0.29, 0.717) is 45.1 Å². The van der Waals surface area contributed by atoms with E-state index in [1.54, 1.807) is 0 Å². The summed E-state index contributed by atoms with van der Waals surface area (Å²) in [5, 5.41) is 0. The van der Waals surface area contributed by atoms with Gasteiger partial charge in [-0.3, -0.25) is 9.59 Å². The average molecular weight is 1110 g/mol. The van der Waals surface area contributed by atoms with Gasteiger partial charge in [0.2, 0.25) is 0 Å². The van der Waals surface area contributed by atoms with Gasteiger partial charge in [0.05, 0.1) is 25.4 Å². The Morgan fingerprint density at radius 3 is 0.759 bits per heavy atom. The summed E-state index contributed by atoms with van der Waals surface area (Å²) in [4.78, 5) is 24.5. The first-order valence-electron chi connectivity index (χ1n) is 35.9. The monoisotopic (exact) mass is 1110 g/mol. The van der Waals surface area contributed by atoms with Crippen LogP contribution in [-0.2, 0) is 28.5 Å². The first-order valence-corrected chi connectivity index (χ1v) is 35.9. The van der Waals surface area contributed by atoms with Crippen molar-refractivity contribution in [2.45, 2.75) is 412 Å². The predicted molar refractivity (Wildman–Crippen MR) is 345 cm³/mol. The number of allylic oxidation sites excluding steroid dienone is 4. The summed E-state index contributed by atoms with van der Waals surface area (Å²) in [6, 6.07) is 0. The first-order chi connectivity index (χ1) is 39.1. The van der Waals surface area contributed by atoms with Gasteiger partial charge in [-0.2, -0.15) is 0 Å². The first kappa shape index (κ1) is 77.3. The van der Waals surface area contributed by atoms with Gasteiger partial charge in [-0.15, -0.1) is 0 Å². The maximum atomic E-state index is 12.3. The second-order valence-corrected chi connectivity index (χ2v) is 24.4. The Morgan fingerprint density at radius 1 is 0.266 bits per heavy atom. The molecule has 0 amide bonds. The van der Waals surface area contributed by atoms with Crippen LogP contribution in [0.25, 0.3) is 0 Å². The number of esters is 2. The summed E-state index contributed by atoms with van der Waals surface area (Å²) in [6.45, 7) is 10.8. The largest absolute Gasteiger partial charge is 0.466 e. The Kier molecular flexibility index (Phi) is 67.4. The van der Waals surface area contributed by atoms with E-state index >= 15 is 0 Å². The van der Waals surface area contributed by atoms with Crippen molar-refractivity contribution < 1.29 is 28.5 Å². The van der Waals surface area contributed by atoms with Crippen molar-refractivity contribution >= 4 is 11.9 Å². The Hall–Kier alpha value is -1.66. The highest BCUT2D eigenvalue weighted by Crippen LogP contribution is 2.21. The highest BCUT2D eigenvalue weighted by atomic mass is 16.7. The molecule has 0 aromatic heterocycles. The van der Waals surface area contributed by atoms with E-state index in [1.165, 1.54) is 295 Å². The van der Waals surface area contributed by atoms with Gasteiger partial charge >= 0.3 is 11.9 Å². The normalized spacial score (nSPS) is 12.6. The summed E-state index contributed by atoms with van der Waals surface area (Å²) in [5.74, 6) is 0.00547. The van der Waals surface area contributed by atoms with Gasteiger partial charge < -0.3 is 18.9 Å². The fourth-order valence-corrected chi connectivity index (χ4v) is 11.1. The molecule has 2 unspecified atom stereocenters. The van der Waals surface area contributed by atoms with E-state index in [0.717, 1.165) is 64.2 Å². The topological polar surface area (TPSA) is 71.1 Å². The molecule has 6 nitrogen and oxygen atoms in total. The van der Waals surface area contributed by atoms with Gasteiger partial charge in [-0.1, -0.05) is 309 Å². The molecule has 2 atom stereocenters. The van der Waals surface area contributed by atoms with Crippen LogP contribution in [0.5, 0.6) is 0 Å². The van der Waals surface area contributed by atoms with Gasteiger partial charge in [-0.05, 0) is 103 Å². The summed E-state index contributed by atoms with van der Waals surface area (Å²) in [6.07, 6.45) is 82.0. The number of unbranched alkanes of at least 4 members (excludes halogenated alkanes) is 44. The molecule has 0 rings (SSSR count). The number of hydrogen-bond donors (Lipinski definition) is 0. The summed E-state index contributed by atoms with van der Waals surface area (Å²) >= 11 is 0. The van der Waals surface area contributed by atoms with Crippen molar-refractivity contribution in [3.63, 3.8) is 0 Å². The van der Waals surface area contributed by atoms with Crippen LogP contribution in [0.15, 0.2) is 24.3 Å². The zero-order valence-electron chi connectivity index (χ0n) is 54.0. The van der Waals surface area contributed by atoms with E-state index in [9.17, 15) is 9.59 Å².